The summed E-state index contributed by atoms with van der Waals surface area (Å²) in [6.07, 6.45) is 2.37. The van der Waals surface area contributed by atoms with Crippen LogP contribution in [-0.2, 0) is 9.53 Å². The van der Waals surface area contributed by atoms with E-state index in [1.54, 1.807) is 20.8 Å². The predicted octanol–water partition coefficient (Wildman–Crippen LogP) is 2.13. The Hall–Kier alpha value is -0.570. The molecule has 3 nitrogen and oxygen atoms in total. The zero-order valence-corrected chi connectivity index (χ0v) is 10.2. The highest BCUT2D eigenvalue weighted by Gasteiger charge is 2.52. The van der Waals surface area contributed by atoms with E-state index in [1.807, 2.05) is 0 Å². The zero-order chi connectivity index (χ0) is 11.7. The first-order valence-corrected chi connectivity index (χ1v) is 5.73. The first kappa shape index (κ1) is 12.5. The third kappa shape index (κ3) is 2.17. The summed E-state index contributed by atoms with van der Waals surface area (Å²) in [5.74, 6) is 0.199. The van der Waals surface area contributed by atoms with Crippen molar-refractivity contribution >= 4 is 5.97 Å². The molecular formula is C12H22O3. The predicted molar refractivity (Wildman–Crippen MR) is 58.4 cm³/mol. The van der Waals surface area contributed by atoms with Gasteiger partial charge in [0.1, 0.15) is 0 Å². The van der Waals surface area contributed by atoms with Gasteiger partial charge in [0.15, 0.2) is 0 Å². The Morgan fingerprint density at radius 2 is 2.20 bits per heavy atom. The fourth-order valence-corrected chi connectivity index (χ4v) is 2.33. The molecule has 0 bridgehead atoms. The lowest BCUT2D eigenvalue weighted by Gasteiger charge is -2.37. The number of hydrogen-bond acceptors (Lipinski definition) is 3. The summed E-state index contributed by atoms with van der Waals surface area (Å²) in [4.78, 5) is 11.8. The molecule has 2 atom stereocenters. The molecule has 1 fully saturated rings. The van der Waals surface area contributed by atoms with Crippen molar-refractivity contribution in [2.24, 2.45) is 11.3 Å². The van der Waals surface area contributed by atoms with Crippen molar-refractivity contribution in [3.63, 3.8) is 0 Å². The standard InChI is InChI=1S/C12H22O3/c1-5-15-10(13)11(3,4)12(14)7-6-9(2)8-12/h9,14H,5-8H2,1-4H3. The van der Waals surface area contributed by atoms with Crippen molar-refractivity contribution in [2.45, 2.75) is 52.6 Å². The van der Waals surface area contributed by atoms with Crippen molar-refractivity contribution in [3.05, 3.63) is 0 Å². The Morgan fingerprint density at radius 3 is 2.60 bits per heavy atom. The fraction of sp³-hybridized carbons (Fsp3) is 0.917. The van der Waals surface area contributed by atoms with Gasteiger partial charge in [0.2, 0.25) is 0 Å². The first-order valence-electron chi connectivity index (χ1n) is 5.73. The van der Waals surface area contributed by atoms with E-state index < -0.39 is 11.0 Å². The van der Waals surface area contributed by atoms with E-state index in [1.165, 1.54) is 0 Å². The molecule has 0 spiro atoms. The minimum Gasteiger partial charge on any atom is -0.465 e. The van der Waals surface area contributed by atoms with Gasteiger partial charge in [-0.05, 0) is 46.0 Å². The second kappa shape index (κ2) is 4.12. The van der Waals surface area contributed by atoms with Gasteiger partial charge in [0, 0.05) is 0 Å². The lowest BCUT2D eigenvalue weighted by Crippen LogP contribution is -2.48. The molecule has 0 amide bonds. The largest absolute Gasteiger partial charge is 0.465 e. The molecule has 1 aliphatic rings. The molecule has 1 aliphatic carbocycles. The summed E-state index contributed by atoms with van der Waals surface area (Å²) < 4.78 is 5.02. The summed E-state index contributed by atoms with van der Waals surface area (Å²) in [5.41, 5.74) is -1.69. The van der Waals surface area contributed by atoms with Crippen LogP contribution < -0.4 is 0 Å². The van der Waals surface area contributed by atoms with E-state index in [4.69, 9.17) is 4.74 Å². The van der Waals surface area contributed by atoms with Gasteiger partial charge < -0.3 is 9.84 Å². The van der Waals surface area contributed by atoms with Crippen molar-refractivity contribution in [2.75, 3.05) is 6.61 Å². The van der Waals surface area contributed by atoms with Gasteiger partial charge >= 0.3 is 5.97 Å². The molecule has 1 rings (SSSR count). The Bertz CT molecular complexity index is 247. The second-order valence-corrected chi connectivity index (χ2v) is 5.23. The molecule has 3 heteroatoms. The lowest BCUT2D eigenvalue weighted by molar-refractivity contribution is -0.170. The van der Waals surface area contributed by atoms with Crippen LogP contribution in [0, 0.1) is 11.3 Å². The molecule has 0 aromatic heterocycles. The minimum absolute atomic E-state index is 0.290. The summed E-state index contributed by atoms with van der Waals surface area (Å²) in [6, 6.07) is 0. The molecule has 15 heavy (non-hydrogen) atoms. The van der Waals surface area contributed by atoms with Crippen LogP contribution in [0.2, 0.25) is 0 Å². The van der Waals surface area contributed by atoms with Crippen LogP contribution in [-0.4, -0.2) is 23.3 Å². The molecule has 0 aromatic rings. The monoisotopic (exact) mass is 214 g/mol. The van der Waals surface area contributed by atoms with Crippen LogP contribution in [0.4, 0.5) is 0 Å². The van der Waals surface area contributed by atoms with Crippen LogP contribution in [0.5, 0.6) is 0 Å². The summed E-state index contributed by atoms with van der Waals surface area (Å²) in [5, 5.41) is 10.5. The molecule has 0 aliphatic heterocycles. The molecule has 0 heterocycles. The summed E-state index contributed by atoms with van der Waals surface area (Å²) >= 11 is 0. The maximum absolute atomic E-state index is 11.8. The Kier molecular flexibility index (Phi) is 3.44. The van der Waals surface area contributed by atoms with Gasteiger partial charge in [-0.3, -0.25) is 4.79 Å². The fourth-order valence-electron chi connectivity index (χ4n) is 2.33. The third-order valence-corrected chi connectivity index (χ3v) is 3.69. The van der Waals surface area contributed by atoms with Crippen molar-refractivity contribution in [1.29, 1.82) is 0 Å². The van der Waals surface area contributed by atoms with Gasteiger partial charge in [-0.25, -0.2) is 0 Å². The van der Waals surface area contributed by atoms with Gasteiger partial charge in [0.25, 0.3) is 0 Å². The van der Waals surface area contributed by atoms with Crippen molar-refractivity contribution in [1.82, 2.24) is 0 Å². The van der Waals surface area contributed by atoms with Crippen molar-refractivity contribution in [3.8, 4) is 0 Å². The number of aliphatic hydroxyl groups is 1. The molecule has 1 saturated carbocycles. The second-order valence-electron chi connectivity index (χ2n) is 5.23. The van der Waals surface area contributed by atoms with E-state index in [0.717, 1.165) is 6.42 Å². The number of hydrogen-bond donors (Lipinski definition) is 1. The van der Waals surface area contributed by atoms with Gasteiger partial charge in [-0.2, -0.15) is 0 Å². The number of ether oxygens (including phenoxy) is 1. The van der Waals surface area contributed by atoms with E-state index >= 15 is 0 Å². The number of carbonyl (C=O) groups is 1. The highest BCUT2D eigenvalue weighted by atomic mass is 16.5. The molecule has 88 valence electrons. The Morgan fingerprint density at radius 1 is 1.60 bits per heavy atom. The topological polar surface area (TPSA) is 46.5 Å². The maximum atomic E-state index is 11.8. The minimum atomic E-state index is -0.890. The Balaban J connectivity index is 2.80. The maximum Gasteiger partial charge on any atom is 0.314 e. The molecule has 1 N–H and O–H groups in total. The van der Waals surface area contributed by atoms with E-state index in [0.29, 0.717) is 25.4 Å². The van der Waals surface area contributed by atoms with Gasteiger partial charge in [-0.15, -0.1) is 0 Å². The Labute approximate surface area is 91.8 Å². The molecule has 0 saturated heterocycles. The quantitative estimate of drug-likeness (QED) is 0.732. The van der Waals surface area contributed by atoms with Gasteiger partial charge in [0.05, 0.1) is 17.6 Å². The van der Waals surface area contributed by atoms with Crippen LogP contribution in [0.3, 0.4) is 0 Å². The molecular weight excluding hydrogens is 192 g/mol. The normalized spacial score (nSPS) is 31.7. The molecule has 0 aromatic carbocycles. The summed E-state index contributed by atoms with van der Waals surface area (Å²) in [6.45, 7) is 7.83. The summed E-state index contributed by atoms with van der Waals surface area (Å²) in [7, 11) is 0. The zero-order valence-electron chi connectivity index (χ0n) is 10.2. The molecule has 2 unspecified atom stereocenters. The van der Waals surface area contributed by atoms with E-state index in [9.17, 15) is 9.90 Å². The molecule has 0 radical (unpaired) electrons. The van der Waals surface area contributed by atoms with Crippen LogP contribution in [0.15, 0.2) is 0 Å². The van der Waals surface area contributed by atoms with Gasteiger partial charge in [-0.1, -0.05) is 6.92 Å². The van der Waals surface area contributed by atoms with E-state index in [-0.39, 0.29) is 5.97 Å². The van der Waals surface area contributed by atoms with Crippen LogP contribution in [0.25, 0.3) is 0 Å². The van der Waals surface area contributed by atoms with E-state index in [2.05, 4.69) is 6.92 Å². The number of carbonyl (C=O) groups excluding carboxylic acids is 1. The first-order chi connectivity index (χ1) is 6.83. The number of esters is 1. The highest BCUT2D eigenvalue weighted by Crippen LogP contribution is 2.46. The average Bonchev–Trinajstić information content (AvgIpc) is 2.48. The lowest BCUT2D eigenvalue weighted by atomic mass is 9.73. The third-order valence-electron chi connectivity index (χ3n) is 3.69. The van der Waals surface area contributed by atoms with Crippen LogP contribution in [0.1, 0.15) is 47.0 Å². The number of rotatable bonds is 3. The highest BCUT2D eigenvalue weighted by molar-refractivity contribution is 5.77. The van der Waals surface area contributed by atoms with Crippen LogP contribution >= 0.6 is 0 Å². The smallest absolute Gasteiger partial charge is 0.314 e. The van der Waals surface area contributed by atoms with Crippen molar-refractivity contribution < 1.29 is 14.6 Å². The average molecular weight is 214 g/mol. The SMILES string of the molecule is CCOC(=O)C(C)(C)C1(O)CCC(C)C1.